The molecule has 0 aliphatic heterocycles. The van der Waals surface area contributed by atoms with Gasteiger partial charge in [-0.3, -0.25) is 0 Å². The molecule has 1 heterocycles. The number of aromatic nitrogens is 3. The molecule has 5 nitrogen and oxygen atoms in total. The molecule has 1 aliphatic carbocycles. The number of nitrogen functional groups attached to an aromatic ring is 1. The molecule has 2 N–H and O–H groups in total. The highest BCUT2D eigenvalue weighted by Crippen LogP contribution is 2.34. The van der Waals surface area contributed by atoms with E-state index in [1.807, 2.05) is 24.3 Å². The Bertz CT molecular complexity index is 609. The Kier molecular flexibility index (Phi) is 3.50. The van der Waals surface area contributed by atoms with E-state index in [-0.39, 0.29) is 5.95 Å². The highest BCUT2D eigenvalue weighted by molar-refractivity contribution is 5.64. The van der Waals surface area contributed by atoms with Gasteiger partial charge in [-0.2, -0.15) is 9.97 Å². The summed E-state index contributed by atoms with van der Waals surface area (Å²) in [6, 6.07) is 7.69. The first-order valence-corrected chi connectivity index (χ1v) is 6.93. The lowest BCUT2D eigenvalue weighted by Crippen LogP contribution is -2.08. The molecule has 3 rings (SSSR count). The van der Waals surface area contributed by atoms with Crippen LogP contribution in [0.5, 0.6) is 5.75 Å². The molecule has 1 aliphatic rings. The fourth-order valence-electron chi connectivity index (χ4n) is 2.73. The van der Waals surface area contributed by atoms with Gasteiger partial charge in [0.15, 0.2) is 5.82 Å². The zero-order valence-corrected chi connectivity index (χ0v) is 11.5. The van der Waals surface area contributed by atoms with Gasteiger partial charge in [0.2, 0.25) is 5.95 Å². The molecule has 1 aromatic heterocycles. The minimum absolute atomic E-state index is 0.280. The number of hydrogen-bond acceptors (Lipinski definition) is 5. The average Bonchev–Trinajstić information content (AvgIpc) is 3.01. The lowest BCUT2D eigenvalue weighted by Gasteiger charge is -2.11. The summed E-state index contributed by atoms with van der Waals surface area (Å²) in [5, 5.41) is 0. The third kappa shape index (κ3) is 2.43. The van der Waals surface area contributed by atoms with E-state index in [9.17, 15) is 0 Å². The van der Waals surface area contributed by atoms with Gasteiger partial charge in [-0.15, -0.1) is 0 Å². The van der Waals surface area contributed by atoms with Crippen molar-refractivity contribution in [2.45, 2.75) is 31.6 Å². The highest BCUT2D eigenvalue weighted by Gasteiger charge is 2.22. The fourth-order valence-corrected chi connectivity index (χ4v) is 2.73. The number of methoxy groups -OCH3 is 1. The van der Waals surface area contributed by atoms with E-state index >= 15 is 0 Å². The molecule has 0 radical (unpaired) electrons. The number of benzene rings is 1. The van der Waals surface area contributed by atoms with E-state index in [1.54, 1.807) is 7.11 Å². The molecule has 0 spiro atoms. The van der Waals surface area contributed by atoms with Gasteiger partial charge in [0.1, 0.15) is 11.6 Å². The van der Waals surface area contributed by atoms with Crippen LogP contribution in [0.2, 0.25) is 0 Å². The van der Waals surface area contributed by atoms with Crippen LogP contribution in [0.1, 0.15) is 37.4 Å². The minimum atomic E-state index is 0.280. The molecule has 104 valence electrons. The second-order valence-electron chi connectivity index (χ2n) is 5.06. The highest BCUT2D eigenvalue weighted by atomic mass is 16.5. The lowest BCUT2D eigenvalue weighted by atomic mass is 10.1. The Labute approximate surface area is 118 Å². The summed E-state index contributed by atoms with van der Waals surface area (Å²) in [6.45, 7) is 0. The molecule has 1 aromatic carbocycles. The van der Waals surface area contributed by atoms with Gasteiger partial charge in [-0.1, -0.05) is 25.0 Å². The van der Waals surface area contributed by atoms with Crippen LogP contribution in [0, 0.1) is 0 Å². The standard InChI is InChI=1S/C15H18N4O/c1-20-12-9-5-4-8-11(12)14-17-13(18-15(16)19-14)10-6-2-3-7-10/h4-5,8-10H,2-3,6-7H2,1H3,(H2,16,17,18,19). The van der Waals surface area contributed by atoms with Crippen molar-refractivity contribution < 1.29 is 4.74 Å². The van der Waals surface area contributed by atoms with Crippen LogP contribution in [0.3, 0.4) is 0 Å². The predicted octanol–water partition coefficient (Wildman–Crippen LogP) is 2.79. The van der Waals surface area contributed by atoms with Crippen molar-refractivity contribution in [1.82, 2.24) is 15.0 Å². The fraction of sp³-hybridized carbons (Fsp3) is 0.400. The van der Waals surface area contributed by atoms with Crippen LogP contribution in [0.15, 0.2) is 24.3 Å². The largest absolute Gasteiger partial charge is 0.496 e. The van der Waals surface area contributed by atoms with Crippen molar-refractivity contribution in [2.75, 3.05) is 12.8 Å². The maximum absolute atomic E-state index is 5.85. The zero-order valence-electron chi connectivity index (χ0n) is 11.5. The summed E-state index contributed by atoms with van der Waals surface area (Å²) >= 11 is 0. The van der Waals surface area contributed by atoms with Gasteiger partial charge in [0.25, 0.3) is 0 Å². The first-order chi connectivity index (χ1) is 9.78. The van der Waals surface area contributed by atoms with Crippen molar-refractivity contribution in [1.29, 1.82) is 0 Å². The number of nitrogens with two attached hydrogens (primary N) is 1. The van der Waals surface area contributed by atoms with Crippen molar-refractivity contribution in [3.63, 3.8) is 0 Å². The second kappa shape index (κ2) is 5.45. The van der Waals surface area contributed by atoms with Gasteiger partial charge >= 0.3 is 0 Å². The van der Waals surface area contributed by atoms with E-state index in [0.717, 1.165) is 30.0 Å². The van der Waals surface area contributed by atoms with Crippen molar-refractivity contribution in [3.05, 3.63) is 30.1 Å². The molecule has 5 heteroatoms. The zero-order chi connectivity index (χ0) is 13.9. The summed E-state index contributed by atoms with van der Waals surface area (Å²) in [7, 11) is 1.64. The molecule has 2 aromatic rings. The Hall–Kier alpha value is -2.17. The molecule has 0 saturated heterocycles. The maximum Gasteiger partial charge on any atom is 0.223 e. The van der Waals surface area contributed by atoms with Gasteiger partial charge < -0.3 is 10.5 Å². The summed E-state index contributed by atoms with van der Waals surface area (Å²) in [5.74, 6) is 2.85. The first kappa shape index (κ1) is 12.8. The van der Waals surface area contributed by atoms with Crippen LogP contribution >= 0.6 is 0 Å². The van der Waals surface area contributed by atoms with Crippen LogP contribution in [-0.2, 0) is 0 Å². The third-order valence-corrected chi connectivity index (χ3v) is 3.74. The minimum Gasteiger partial charge on any atom is -0.496 e. The quantitative estimate of drug-likeness (QED) is 0.928. The Morgan fingerprint density at radius 3 is 2.60 bits per heavy atom. The van der Waals surface area contributed by atoms with E-state index in [0.29, 0.717) is 11.7 Å². The third-order valence-electron chi connectivity index (χ3n) is 3.74. The van der Waals surface area contributed by atoms with E-state index in [4.69, 9.17) is 10.5 Å². The van der Waals surface area contributed by atoms with Gasteiger partial charge in [0.05, 0.1) is 12.7 Å². The summed E-state index contributed by atoms with van der Waals surface area (Å²) in [5.41, 5.74) is 6.70. The average molecular weight is 270 g/mol. The van der Waals surface area contributed by atoms with Crippen LogP contribution < -0.4 is 10.5 Å². The molecule has 1 fully saturated rings. The predicted molar refractivity (Wildman–Crippen MR) is 77.4 cm³/mol. The number of hydrogen-bond donors (Lipinski definition) is 1. The molecule has 20 heavy (non-hydrogen) atoms. The summed E-state index contributed by atoms with van der Waals surface area (Å²) in [4.78, 5) is 13.2. The Balaban J connectivity index is 2.04. The van der Waals surface area contributed by atoms with Gasteiger partial charge in [-0.25, -0.2) is 4.98 Å². The van der Waals surface area contributed by atoms with E-state index in [1.165, 1.54) is 12.8 Å². The first-order valence-electron chi connectivity index (χ1n) is 6.93. The monoisotopic (exact) mass is 270 g/mol. The summed E-state index contributed by atoms with van der Waals surface area (Å²) < 4.78 is 5.36. The van der Waals surface area contributed by atoms with Crippen LogP contribution in [0.25, 0.3) is 11.4 Å². The molecular weight excluding hydrogens is 252 g/mol. The van der Waals surface area contributed by atoms with Gasteiger partial charge in [0, 0.05) is 5.92 Å². The maximum atomic E-state index is 5.85. The Morgan fingerprint density at radius 1 is 1.10 bits per heavy atom. The number of rotatable bonds is 3. The van der Waals surface area contributed by atoms with Crippen LogP contribution in [0.4, 0.5) is 5.95 Å². The number of ether oxygens (including phenoxy) is 1. The topological polar surface area (TPSA) is 73.9 Å². The van der Waals surface area contributed by atoms with Crippen molar-refractivity contribution in [3.8, 4) is 17.1 Å². The molecule has 0 amide bonds. The molecule has 1 saturated carbocycles. The Morgan fingerprint density at radius 2 is 1.85 bits per heavy atom. The smallest absolute Gasteiger partial charge is 0.223 e. The number of para-hydroxylation sites is 1. The molecule has 0 unspecified atom stereocenters. The molecule has 0 atom stereocenters. The normalized spacial score (nSPS) is 15.4. The van der Waals surface area contributed by atoms with Crippen LogP contribution in [-0.4, -0.2) is 22.1 Å². The van der Waals surface area contributed by atoms with Gasteiger partial charge in [-0.05, 0) is 25.0 Å². The lowest BCUT2D eigenvalue weighted by molar-refractivity contribution is 0.416. The SMILES string of the molecule is COc1ccccc1-c1nc(N)nc(C2CCCC2)n1. The van der Waals surface area contributed by atoms with Crippen molar-refractivity contribution >= 4 is 5.95 Å². The number of anilines is 1. The molecular formula is C15H18N4O. The summed E-state index contributed by atoms with van der Waals surface area (Å²) in [6.07, 6.45) is 4.74. The van der Waals surface area contributed by atoms with Crippen molar-refractivity contribution in [2.24, 2.45) is 0 Å². The van der Waals surface area contributed by atoms with E-state index < -0.39 is 0 Å². The number of nitrogens with zero attached hydrogens (tertiary/aromatic N) is 3. The second-order valence-corrected chi connectivity index (χ2v) is 5.06. The van der Waals surface area contributed by atoms with E-state index in [2.05, 4.69) is 15.0 Å². The molecule has 0 bridgehead atoms.